The van der Waals surface area contributed by atoms with Crippen LogP contribution in [-0.2, 0) is 16.6 Å². The van der Waals surface area contributed by atoms with Gasteiger partial charge in [-0.2, -0.15) is 0 Å². The number of hydrogen-bond donors (Lipinski definition) is 2. The van der Waals surface area contributed by atoms with E-state index in [0.717, 1.165) is 31.2 Å². The van der Waals surface area contributed by atoms with Gasteiger partial charge in [-0.3, -0.25) is 10.1 Å². The number of anilines is 1. The molecule has 1 heterocycles. The van der Waals surface area contributed by atoms with Gasteiger partial charge in [0, 0.05) is 38.2 Å². The molecule has 1 aliphatic carbocycles. The summed E-state index contributed by atoms with van der Waals surface area (Å²) in [5.41, 5.74) is 1.42. The molecule has 1 saturated carbocycles. The number of methoxy groups -OCH3 is 1. The molecule has 2 aromatic rings. The van der Waals surface area contributed by atoms with Crippen molar-refractivity contribution < 1.29 is 19.1 Å². The number of amides is 3. The first-order valence-electron chi connectivity index (χ1n) is 9.36. The van der Waals surface area contributed by atoms with Gasteiger partial charge in [0.15, 0.2) is 0 Å². The Morgan fingerprint density at radius 3 is 2.57 bits per heavy atom. The second-order valence-corrected chi connectivity index (χ2v) is 7.06. The zero-order valence-electron chi connectivity index (χ0n) is 16.4. The van der Waals surface area contributed by atoms with Crippen molar-refractivity contribution >= 4 is 17.6 Å². The van der Waals surface area contributed by atoms with E-state index in [1.54, 1.807) is 42.3 Å². The van der Waals surface area contributed by atoms with Crippen molar-refractivity contribution in [2.75, 3.05) is 12.4 Å². The minimum absolute atomic E-state index is 0.146. The minimum Gasteiger partial charge on any atom is -0.425 e. The van der Waals surface area contributed by atoms with Gasteiger partial charge in [0.2, 0.25) is 5.91 Å². The number of imidazole rings is 1. The van der Waals surface area contributed by atoms with Gasteiger partial charge >= 0.3 is 12.0 Å². The van der Waals surface area contributed by atoms with Gasteiger partial charge in [-0.15, -0.1) is 0 Å². The molecule has 1 aromatic heterocycles. The highest BCUT2D eigenvalue weighted by atomic mass is 16.5. The summed E-state index contributed by atoms with van der Waals surface area (Å²) in [5.74, 6) is 0.261. The number of aryl methyl sites for hydroxylation is 2. The molecule has 0 atom stereocenters. The topological polar surface area (TPSA) is 94.5 Å². The van der Waals surface area contributed by atoms with Crippen molar-refractivity contribution in [3.8, 4) is 11.8 Å². The molecule has 0 unspecified atom stereocenters. The lowest BCUT2D eigenvalue weighted by Gasteiger charge is -2.26. The fourth-order valence-electron chi connectivity index (χ4n) is 3.33. The summed E-state index contributed by atoms with van der Waals surface area (Å²) < 4.78 is 12.8. The molecular formula is C20H26N4O4. The Balaban J connectivity index is 1.53. The monoisotopic (exact) mass is 386 g/mol. The number of nitrogens with zero attached hydrogens (tertiary/aromatic N) is 2. The summed E-state index contributed by atoms with van der Waals surface area (Å²) >= 11 is 0. The van der Waals surface area contributed by atoms with Crippen LogP contribution < -0.4 is 15.4 Å². The Morgan fingerprint density at radius 2 is 1.96 bits per heavy atom. The van der Waals surface area contributed by atoms with Crippen molar-refractivity contribution in [2.24, 2.45) is 13.0 Å². The van der Waals surface area contributed by atoms with Gasteiger partial charge in [-0.25, -0.2) is 9.78 Å². The fraction of sp³-hybridized carbons (Fsp3) is 0.450. The Bertz CT molecular complexity index is 840. The highest BCUT2D eigenvalue weighted by Gasteiger charge is 2.27. The first-order valence-corrected chi connectivity index (χ1v) is 9.36. The maximum Gasteiger partial charge on any atom is 0.325 e. The van der Waals surface area contributed by atoms with Gasteiger partial charge in [-0.1, -0.05) is 0 Å². The van der Waals surface area contributed by atoms with E-state index in [2.05, 4.69) is 15.6 Å². The van der Waals surface area contributed by atoms with E-state index in [1.165, 1.54) is 0 Å². The average molecular weight is 386 g/mol. The fourth-order valence-corrected chi connectivity index (χ4v) is 3.33. The summed E-state index contributed by atoms with van der Waals surface area (Å²) in [6, 6.07) is 5.21. The van der Waals surface area contributed by atoms with Crippen LogP contribution in [0.25, 0.3) is 0 Å². The summed E-state index contributed by atoms with van der Waals surface area (Å²) in [7, 11) is 3.53. The van der Waals surface area contributed by atoms with E-state index in [0.29, 0.717) is 17.4 Å². The number of hydrogen-bond acceptors (Lipinski definition) is 5. The first-order chi connectivity index (χ1) is 13.5. The number of nitrogens with one attached hydrogen (secondary N) is 2. The number of benzene rings is 1. The van der Waals surface area contributed by atoms with Crippen LogP contribution in [0.15, 0.2) is 30.6 Å². The standard InChI is InChI=1S/C20H26N4O4/c1-13-12-15(6-9-17(13)28-20-21-10-11-24(20)2)22-19(26)23-18(25)14-4-7-16(27-3)8-5-14/h6,9-12,14,16H,4-5,7-8H2,1-3H3,(H2,22,23,25,26). The molecule has 8 heteroatoms. The number of urea groups is 1. The van der Waals surface area contributed by atoms with E-state index in [9.17, 15) is 9.59 Å². The van der Waals surface area contributed by atoms with Crippen LogP contribution in [0, 0.1) is 12.8 Å². The van der Waals surface area contributed by atoms with Crippen LogP contribution in [0.3, 0.4) is 0 Å². The molecule has 2 N–H and O–H groups in total. The number of ether oxygens (including phenoxy) is 2. The second-order valence-electron chi connectivity index (χ2n) is 7.06. The molecule has 1 fully saturated rings. The molecule has 0 aliphatic heterocycles. The molecule has 0 bridgehead atoms. The van der Waals surface area contributed by atoms with Crippen LogP contribution >= 0.6 is 0 Å². The Kier molecular flexibility index (Phi) is 6.30. The first kappa shape index (κ1) is 19.9. The molecule has 3 rings (SSSR count). The Hall–Kier alpha value is -2.87. The van der Waals surface area contributed by atoms with E-state index in [-0.39, 0.29) is 17.9 Å². The summed E-state index contributed by atoms with van der Waals surface area (Å²) in [6.45, 7) is 1.88. The predicted molar refractivity (Wildman–Crippen MR) is 104 cm³/mol. The molecule has 0 saturated heterocycles. The number of imide groups is 1. The van der Waals surface area contributed by atoms with Gasteiger partial charge in [0.05, 0.1) is 6.10 Å². The van der Waals surface area contributed by atoms with Gasteiger partial charge in [-0.05, 0) is 56.4 Å². The maximum absolute atomic E-state index is 12.3. The Morgan fingerprint density at radius 1 is 1.21 bits per heavy atom. The molecule has 8 nitrogen and oxygen atoms in total. The van der Waals surface area contributed by atoms with E-state index < -0.39 is 6.03 Å². The van der Waals surface area contributed by atoms with E-state index in [4.69, 9.17) is 9.47 Å². The van der Waals surface area contributed by atoms with Crippen molar-refractivity contribution in [3.63, 3.8) is 0 Å². The minimum atomic E-state index is -0.531. The molecule has 0 spiro atoms. The second kappa shape index (κ2) is 8.88. The lowest BCUT2D eigenvalue weighted by Crippen LogP contribution is -2.40. The van der Waals surface area contributed by atoms with Crippen LogP contribution in [0.4, 0.5) is 10.5 Å². The van der Waals surface area contributed by atoms with Crippen molar-refractivity contribution in [1.29, 1.82) is 0 Å². The lowest BCUT2D eigenvalue weighted by molar-refractivity contribution is -0.125. The highest BCUT2D eigenvalue weighted by Crippen LogP contribution is 2.27. The normalized spacial score (nSPS) is 19.1. The molecular weight excluding hydrogens is 360 g/mol. The van der Waals surface area contributed by atoms with Crippen LogP contribution in [0.1, 0.15) is 31.2 Å². The quantitative estimate of drug-likeness (QED) is 0.822. The van der Waals surface area contributed by atoms with Gasteiger partial charge in [0.1, 0.15) is 5.75 Å². The summed E-state index contributed by atoms with van der Waals surface area (Å²) in [6.07, 6.45) is 6.81. The third-order valence-corrected chi connectivity index (χ3v) is 5.03. The highest BCUT2D eigenvalue weighted by molar-refractivity contribution is 6.01. The zero-order chi connectivity index (χ0) is 20.1. The average Bonchev–Trinajstić information content (AvgIpc) is 3.08. The van der Waals surface area contributed by atoms with Crippen LogP contribution in [0.2, 0.25) is 0 Å². The zero-order valence-corrected chi connectivity index (χ0v) is 16.4. The number of aromatic nitrogens is 2. The smallest absolute Gasteiger partial charge is 0.325 e. The number of rotatable bonds is 5. The van der Waals surface area contributed by atoms with E-state index >= 15 is 0 Å². The molecule has 1 aromatic carbocycles. The number of carbonyl (C=O) groups is 2. The third-order valence-electron chi connectivity index (χ3n) is 5.03. The predicted octanol–water partition coefficient (Wildman–Crippen LogP) is 3.37. The summed E-state index contributed by atoms with van der Waals surface area (Å²) in [5, 5.41) is 5.13. The van der Waals surface area contributed by atoms with Crippen molar-refractivity contribution in [3.05, 3.63) is 36.2 Å². The molecule has 3 amide bonds. The van der Waals surface area contributed by atoms with Crippen LogP contribution in [-0.4, -0.2) is 34.7 Å². The van der Waals surface area contributed by atoms with E-state index in [1.807, 2.05) is 14.0 Å². The molecule has 28 heavy (non-hydrogen) atoms. The molecule has 0 radical (unpaired) electrons. The van der Waals surface area contributed by atoms with Crippen molar-refractivity contribution in [1.82, 2.24) is 14.9 Å². The Labute approximate surface area is 164 Å². The maximum atomic E-state index is 12.3. The molecule has 1 aliphatic rings. The van der Waals surface area contributed by atoms with Gasteiger partial charge in [0.25, 0.3) is 0 Å². The molecule has 150 valence electrons. The van der Waals surface area contributed by atoms with Crippen molar-refractivity contribution in [2.45, 2.75) is 38.7 Å². The third kappa shape index (κ3) is 4.89. The largest absolute Gasteiger partial charge is 0.425 e. The summed E-state index contributed by atoms with van der Waals surface area (Å²) in [4.78, 5) is 28.6. The lowest BCUT2D eigenvalue weighted by atomic mass is 9.87. The number of carbonyl (C=O) groups excluding carboxylic acids is 2. The van der Waals surface area contributed by atoms with Gasteiger partial charge < -0.3 is 19.4 Å². The SMILES string of the molecule is COC1CCC(C(=O)NC(=O)Nc2ccc(Oc3nccn3C)c(C)c2)CC1. The van der Waals surface area contributed by atoms with Crippen LogP contribution in [0.5, 0.6) is 11.8 Å².